The quantitative estimate of drug-likeness (QED) is 0.705. The number of pyridine rings is 1. The number of fused-ring (bicyclic) bond motifs is 1. The molecule has 6 nitrogen and oxygen atoms in total. The van der Waals surface area contributed by atoms with Crippen molar-refractivity contribution in [3.8, 4) is 6.07 Å². The van der Waals surface area contributed by atoms with Gasteiger partial charge in [0, 0.05) is 25.3 Å². The van der Waals surface area contributed by atoms with Gasteiger partial charge in [-0.25, -0.2) is 14.4 Å². The lowest BCUT2D eigenvalue weighted by Gasteiger charge is -2.31. The third kappa shape index (κ3) is 3.91. The Bertz CT molecular complexity index is 951. The lowest BCUT2D eigenvalue weighted by Crippen LogP contribution is -2.39. The number of anilines is 1. The van der Waals surface area contributed by atoms with E-state index in [2.05, 4.69) is 21.3 Å². The Hall–Kier alpha value is -2.98. The molecule has 1 saturated heterocycles. The number of nitrogens with one attached hydrogen (secondary N) is 1. The van der Waals surface area contributed by atoms with Gasteiger partial charge in [-0.15, -0.1) is 0 Å². The summed E-state index contributed by atoms with van der Waals surface area (Å²) in [6, 6.07) is 12.9. The zero-order valence-corrected chi connectivity index (χ0v) is 15.0. The largest absolute Gasteiger partial charge is 0.353 e. The fraction of sp³-hybridized carbons (Fsp3) is 0.350. The van der Waals surface area contributed by atoms with E-state index in [1.807, 2.05) is 16.7 Å². The zero-order valence-electron chi connectivity index (χ0n) is 15.0. The highest BCUT2D eigenvalue weighted by Crippen LogP contribution is 2.22. The molecule has 7 heteroatoms. The fourth-order valence-corrected chi connectivity index (χ4v) is 3.51. The molecule has 0 unspecified atom stereocenters. The summed E-state index contributed by atoms with van der Waals surface area (Å²) in [6.07, 6.45) is 3.69. The van der Waals surface area contributed by atoms with Gasteiger partial charge in [-0.1, -0.05) is 12.1 Å². The second kappa shape index (κ2) is 7.72. The second-order valence-corrected chi connectivity index (χ2v) is 6.85. The Kier molecular flexibility index (Phi) is 4.99. The van der Waals surface area contributed by atoms with E-state index < -0.39 is 0 Å². The van der Waals surface area contributed by atoms with Gasteiger partial charge in [0.15, 0.2) is 5.65 Å². The number of halogens is 1. The normalized spacial score (nSPS) is 15.7. The molecule has 1 aliphatic heterocycles. The van der Waals surface area contributed by atoms with Crippen molar-refractivity contribution in [2.24, 2.45) is 0 Å². The number of imidazole rings is 1. The minimum atomic E-state index is -0.241. The summed E-state index contributed by atoms with van der Waals surface area (Å²) in [5, 5.41) is 12.4. The number of rotatable bonds is 5. The number of likely N-dealkylation sites (tertiary alicyclic amines) is 1. The maximum absolute atomic E-state index is 13.2. The predicted molar refractivity (Wildman–Crippen MR) is 102 cm³/mol. The van der Waals surface area contributed by atoms with Crippen LogP contribution in [0.3, 0.4) is 0 Å². The Balaban J connectivity index is 1.57. The average molecular weight is 364 g/mol. The van der Waals surface area contributed by atoms with Gasteiger partial charge in [-0.05, 0) is 42.7 Å². The van der Waals surface area contributed by atoms with Crippen molar-refractivity contribution < 1.29 is 4.39 Å². The van der Waals surface area contributed by atoms with Gasteiger partial charge in [0.1, 0.15) is 11.3 Å². The number of aromatic nitrogens is 3. The van der Waals surface area contributed by atoms with Crippen LogP contribution in [0.5, 0.6) is 0 Å². The molecular weight excluding hydrogens is 343 g/mol. The van der Waals surface area contributed by atoms with Crippen LogP contribution in [0.25, 0.3) is 11.2 Å². The van der Waals surface area contributed by atoms with Gasteiger partial charge in [0.25, 0.3) is 0 Å². The van der Waals surface area contributed by atoms with E-state index in [-0.39, 0.29) is 5.82 Å². The van der Waals surface area contributed by atoms with Crippen LogP contribution in [-0.2, 0) is 6.54 Å². The smallest absolute Gasteiger partial charge is 0.205 e. The van der Waals surface area contributed by atoms with Crippen LogP contribution < -0.4 is 5.32 Å². The molecule has 0 aliphatic carbocycles. The molecule has 1 fully saturated rings. The van der Waals surface area contributed by atoms with E-state index in [0.717, 1.165) is 48.6 Å². The third-order valence-corrected chi connectivity index (χ3v) is 4.97. The van der Waals surface area contributed by atoms with Crippen LogP contribution >= 0.6 is 0 Å². The van der Waals surface area contributed by atoms with E-state index in [4.69, 9.17) is 10.2 Å². The number of benzene rings is 1. The summed E-state index contributed by atoms with van der Waals surface area (Å²) < 4.78 is 15.3. The summed E-state index contributed by atoms with van der Waals surface area (Å²) in [5.74, 6) is 0.543. The minimum Gasteiger partial charge on any atom is -0.353 e. The van der Waals surface area contributed by atoms with E-state index in [0.29, 0.717) is 19.1 Å². The molecule has 1 aliphatic rings. The van der Waals surface area contributed by atoms with Crippen molar-refractivity contribution >= 4 is 17.1 Å². The molecule has 27 heavy (non-hydrogen) atoms. The number of nitrogens with zero attached hydrogens (tertiary/aromatic N) is 5. The maximum Gasteiger partial charge on any atom is 0.205 e. The van der Waals surface area contributed by atoms with Crippen LogP contribution in [0.1, 0.15) is 18.4 Å². The van der Waals surface area contributed by atoms with Crippen LogP contribution in [0.4, 0.5) is 10.3 Å². The van der Waals surface area contributed by atoms with E-state index in [1.165, 1.54) is 12.1 Å². The molecule has 0 spiro atoms. The lowest BCUT2D eigenvalue weighted by molar-refractivity contribution is 0.242. The summed E-state index contributed by atoms with van der Waals surface area (Å²) in [6.45, 7) is 2.87. The predicted octanol–water partition coefficient (Wildman–Crippen LogP) is 3.02. The van der Waals surface area contributed by atoms with Gasteiger partial charge in [-0.2, -0.15) is 5.26 Å². The molecule has 0 radical (unpaired) electrons. The first-order valence-electron chi connectivity index (χ1n) is 9.14. The molecule has 138 valence electrons. The number of piperidine rings is 1. The number of nitriles is 1. The van der Waals surface area contributed by atoms with Crippen molar-refractivity contribution in [1.82, 2.24) is 19.4 Å². The monoisotopic (exact) mass is 364 g/mol. The number of hydrogen-bond acceptors (Lipinski definition) is 5. The summed E-state index contributed by atoms with van der Waals surface area (Å²) in [7, 11) is 0. The SMILES string of the molecule is N#CCN1CCC(Nc2nc3cccnc3n2Cc2ccc(F)cc2)CC1. The molecule has 1 N–H and O–H groups in total. The molecule has 3 aromatic rings. The van der Waals surface area contributed by atoms with Crippen LogP contribution in [0.15, 0.2) is 42.6 Å². The number of hydrogen-bond donors (Lipinski definition) is 1. The first-order valence-corrected chi connectivity index (χ1v) is 9.14. The molecule has 3 heterocycles. The summed E-state index contributed by atoms with van der Waals surface area (Å²) in [4.78, 5) is 11.4. The van der Waals surface area contributed by atoms with Crippen molar-refractivity contribution in [3.63, 3.8) is 0 Å². The Labute approximate surface area is 157 Å². The highest BCUT2D eigenvalue weighted by molar-refractivity contribution is 5.74. The summed E-state index contributed by atoms with van der Waals surface area (Å²) in [5.41, 5.74) is 2.64. The Morgan fingerprint density at radius 1 is 1.19 bits per heavy atom. The maximum atomic E-state index is 13.2. The highest BCUT2D eigenvalue weighted by Gasteiger charge is 2.21. The van der Waals surface area contributed by atoms with Gasteiger partial charge in [0.2, 0.25) is 5.95 Å². The van der Waals surface area contributed by atoms with Gasteiger partial charge in [-0.3, -0.25) is 9.47 Å². The Morgan fingerprint density at radius 3 is 2.70 bits per heavy atom. The molecular formula is C20H21FN6. The summed E-state index contributed by atoms with van der Waals surface area (Å²) >= 11 is 0. The Morgan fingerprint density at radius 2 is 1.96 bits per heavy atom. The highest BCUT2D eigenvalue weighted by atomic mass is 19.1. The molecule has 1 aromatic carbocycles. The molecule has 0 saturated carbocycles. The van der Waals surface area contributed by atoms with E-state index >= 15 is 0 Å². The van der Waals surface area contributed by atoms with Gasteiger partial charge < -0.3 is 5.32 Å². The first-order chi connectivity index (χ1) is 13.2. The molecule has 0 bridgehead atoms. The van der Waals surface area contributed by atoms with E-state index in [9.17, 15) is 4.39 Å². The average Bonchev–Trinajstić information content (AvgIpc) is 3.02. The fourth-order valence-electron chi connectivity index (χ4n) is 3.51. The molecule has 0 atom stereocenters. The van der Waals surface area contributed by atoms with Gasteiger partial charge >= 0.3 is 0 Å². The molecule has 2 aromatic heterocycles. The van der Waals surface area contributed by atoms with Crippen LogP contribution in [0, 0.1) is 17.1 Å². The van der Waals surface area contributed by atoms with Crippen molar-refractivity contribution in [2.75, 3.05) is 25.0 Å². The van der Waals surface area contributed by atoms with E-state index in [1.54, 1.807) is 18.3 Å². The van der Waals surface area contributed by atoms with Crippen LogP contribution in [0.2, 0.25) is 0 Å². The topological polar surface area (TPSA) is 69.8 Å². The molecule has 0 amide bonds. The van der Waals surface area contributed by atoms with Crippen molar-refractivity contribution in [2.45, 2.75) is 25.4 Å². The second-order valence-electron chi connectivity index (χ2n) is 6.85. The minimum absolute atomic E-state index is 0.241. The molecule has 4 rings (SSSR count). The zero-order chi connectivity index (χ0) is 18.6. The van der Waals surface area contributed by atoms with Gasteiger partial charge in [0.05, 0.1) is 19.2 Å². The lowest BCUT2D eigenvalue weighted by atomic mass is 10.1. The standard InChI is InChI=1S/C20H21FN6/c21-16-5-3-15(4-6-16)14-27-19-18(2-1-10-23-19)25-20(27)24-17-7-11-26(12-8-17)13-9-22/h1-6,10,17H,7-8,11-14H2,(H,24,25). The van der Waals surface area contributed by atoms with Crippen molar-refractivity contribution in [3.05, 3.63) is 54.0 Å². The van der Waals surface area contributed by atoms with Crippen LogP contribution in [-0.4, -0.2) is 45.1 Å². The third-order valence-electron chi connectivity index (χ3n) is 4.97. The first kappa shape index (κ1) is 17.4. The van der Waals surface area contributed by atoms with Crippen molar-refractivity contribution in [1.29, 1.82) is 5.26 Å².